The predicted molar refractivity (Wildman–Crippen MR) is 78.6 cm³/mol. The topological polar surface area (TPSA) is 63.6 Å². The van der Waals surface area contributed by atoms with Crippen LogP contribution in [0.1, 0.15) is 49.3 Å². The number of nitrogens with zero attached hydrogens (tertiary/aromatic N) is 3. The highest BCUT2D eigenvalue weighted by Crippen LogP contribution is 2.24. The lowest BCUT2D eigenvalue weighted by Gasteiger charge is -2.17. The molecule has 0 bridgehead atoms. The largest absolute Gasteiger partial charge is 0.289 e. The molecule has 1 N–H and O–H groups in total. The normalized spacial score (nSPS) is 12.2. The Morgan fingerprint density at radius 2 is 2.15 bits per heavy atom. The first-order valence-corrected chi connectivity index (χ1v) is 6.70. The van der Waals surface area contributed by atoms with E-state index in [1.807, 2.05) is 6.92 Å². The number of carbonyl (C=O) groups is 1. The van der Waals surface area contributed by atoms with Crippen molar-refractivity contribution in [2.75, 3.05) is 0 Å². The Kier molecular flexibility index (Phi) is 3.88. The van der Waals surface area contributed by atoms with Crippen molar-refractivity contribution in [1.82, 2.24) is 20.0 Å². The number of aryl methyl sites for hydroxylation is 1. The van der Waals surface area contributed by atoms with E-state index >= 15 is 0 Å². The van der Waals surface area contributed by atoms with Crippen LogP contribution in [0.5, 0.6) is 0 Å². The quantitative estimate of drug-likeness (QED) is 0.687. The van der Waals surface area contributed by atoms with Crippen LogP contribution in [-0.4, -0.2) is 25.8 Å². The summed E-state index contributed by atoms with van der Waals surface area (Å²) in [4.78, 5) is 12.1. The smallest absolute Gasteiger partial charge is 0.189 e. The summed E-state index contributed by atoms with van der Waals surface area (Å²) in [6.07, 6.45) is 8.45. The van der Waals surface area contributed by atoms with Gasteiger partial charge in [-0.15, -0.1) is 0 Å². The highest BCUT2D eigenvalue weighted by molar-refractivity contribution is 6.06. The fourth-order valence-corrected chi connectivity index (χ4v) is 1.95. The van der Waals surface area contributed by atoms with Crippen molar-refractivity contribution >= 4 is 11.9 Å². The number of ketones is 1. The Hall–Kier alpha value is -2.17. The lowest BCUT2D eigenvalue weighted by Crippen LogP contribution is -2.13. The molecule has 2 aromatic heterocycles. The predicted octanol–water partition coefficient (Wildman–Crippen LogP) is 2.82. The summed E-state index contributed by atoms with van der Waals surface area (Å²) < 4.78 is 1.74. The summed E-state index contributed by atoms with van der Waals surface area (Å²) in [7, 11) is 0. The highest BCUT2D eigenvalue weighted by atomic mass is 16.1. The van der Waals surface area contributed by atoms with E-state index in [4.69, 9.17) is 0 Å². The minimum Gasteiger partial charge on any atom is -0.289 e. The van der Waals surface area contributed by atoms with Gasteiger partial charge in [0, 0.05) is 29.4 Å². The van der Waals surface area contributed by atoms with Gasteiger partial charge in [0.25, 0.3) is 0 Å². The van der Waals surface area contributed by atoms with Crippen molar-refractivity contribution in [2.45, 2.75) is 39.7 Å². The number of hydrogen-bond acceptors (Lipinski definition) is 3. The molecule has 2 rings (SSSR count). The summed E-state index contributed by atoms with van der Waals surface area (Å²) in [6.45, 7) is 9.05. The van der Waals surface area contributed by atoms with Gasteiger partial charge in [-0.2, -0.15) is 10.2 Å². The molecule has 5 nitrogen and oxygen atoms in total. The van der Waals surface area contributed by atoms with Crippen molar-refractivity contribution in [3.8, 4) is 0 Å². The van der Waals surface area contributed by atoms with Crippen molar-refractivity contribution in [1.29, 1.82) is 0 Å². The highest BCUT2D eigenvalue weighted by Gasteiger charge is 2.18. The third kappa shape index (κ3) is 3.04. The van der Waals surface area contributed by atoms with Gasteiger partial charge < -0.3 is 0 Å². The molecule has 0 amide bonds. The second kappa shape index (κ2) is 5.45. The molecule has 0 fully saturated rings. The van der Waals surface area contributed by atoms with Crippen molar-refractivity contribution in [3.63, 3.8) is 0 Å². The van der Waals surface area contributed by atoms with Crippen LogP contribution in [0.15, 0.2) is 24.7 Å². The molecule has 0 aromatic carbocycles. The molecule has 106 valence electrons. The van der Waals surface area contributed by atoms with E-state index in [0.717, 1.165) is 17.8 Å². The Morgan fingerprint density at radius 3 is 2.75 bits per heavy atom. The lowest BCUT2D eigenvalue weighted by atomic mass is 9.89. The van der Waals surface area contributed by atoms with Gasteiger partial charge in [-0.25, -0.2) is 0 Å². The minimum absolute atomic E-state index is 0.0354. The molecular weight excluding hydrogens is 252 g/mol. The van der Waals surface area contributed by atoms with Crippen molar-refractivity contribution < 1.29 is 4.79 Å². The molecule has 0 unspecified atom stereocenters. The van der Waals surface area contributed by atoms with E-state index in [1.54, 1.807) is 35.4 Å². The number of H-pyrrole nitrogens is 1. The standard InChI is InChI=1S/C15H20N4O/c1-5-19-10-12(9-17-19)13(20)7-6-11-8-16-18-14(11)15(2,3)4/h6-10H,5H2,1-4H3,(H,16,18). The fourth-order valence-electron chi connectivity index (χ4n) is 1.95. The Morgan fingerprint density at radius 1 is 1.40 bits per heavy atom. The molecule has 2 heterocycles. The monoisotopic (exact) mass is 272 g/mol. The van der Waals surface area contributed by atoms with Gasteiger partial charge in [-0.1, -0.05) is 20.8 Å². The average Bonchev–Trinajstić information content (AvgIpc) is 3.03. The number of aromatic amines is 1. The van der Waals surface area contributed by atoms with Crippen LogP contribution in [0.4, 0.5) is 0 Å². The molecule has 0 spiro atoms. The summed E-state index contributed by atoms with van der Waals surface area (Å²) in [6, 6.07) is 0. The first-order valence-electron chi connectivity index (χ1n) is 6.70. The third-order valence-corrected chi connectivity index (χ3v) is 3.07. The van der Waals surface area contributed by atoms with Crippen molar-refractivity contribution in [2.24, 2.45) is 0 Å². The summed E-state index contributed by atoms with van der Waals surface area (Å²) in [5.74, 6) is -0.0502. The van der Waals surface area contributed by atoms with E-state index in [9.17, 15) is 4.79 Å². The Bertz CT molecular complexity index is 628. The number of hydrogen-bond donors (Lipinski definition) is 1. The third-order valence-electron chi connectivity index (χ3n) is 3.07. The number of carbonyl (C=O) groups excluding carboxylic acids is 1. The van der Waals surface area contributed by atoms with Crippen LogP contribution in [0.3, 0.4) is 0 Å². The first kappa shape index (κ1) is 14.2. The number of rotatable bonds is 4. The zero-order valence-electron chi connectivity index (χ0n) is 12.3. The van der Waals surface area contributed by atoms with Gasteiger partial charge in [0.05, 0.1) is 18.0 Å². The van der Waals surface area contributed by atoms with E-state index in [-0.39, 0.29) is 11.2 Å². The molecule has 0 aliphatic carbocycles. The Labute approximate surface area is 118 Å². The SMILES string of the molecule is CCn1cc(C(=O)C=Cc2cn[nH]c2C(C)(C)C)cn1. The molecule has 0 atom stereocenters. The molecular formula is C15H20N4O. The van der Waals surface area contributed by atoms with Crippen LogP contribution in [0.2, 0.25) is 0 Å². The first-order chi connectivity index (χ1) is 9.41. The summed E-state index contributed by atoms with van der Waals surface area (Å²) in [5.41, 5.74) is 2.52. The van der Waals surface area contributed by atoms with E-state index < -0.39 is 0 Å². The number of aromatic nitrogens is 4. The van der Waals surface area contributed by atoms with E-state index in [1.165, 1.54) is 0 Å². The molecule has 0 saturated heterocycles. The maximum Gasteiger partial charge on any atom is 0.189 e. The Balaban J connectivity index is 2.17. The summed E-state index contributed by atoms with van der Waals surface area (Å²) in [5, 5.41) is 11.1. The molecule has 0 radical (unpaired) electrons. The van der Waals surface area contributed by atoms with Crippen LogP contribution in [-0.2, 0) is 12.0 Å². The molecule has 0 saturated carbocycles. The van der Waals surface area contributed by atoms with Gasteiger partial charge >= 0.3 is 0 Å². The second-order valence-corrected chi connectivity index (χ2v) is 5.73. The molecule has 0 aliphatic rings. The van der Waals surface area contributed by atoms with E-state index in [0.29, 0.717) is 5.56 Å². The zero-order chi connectivity index (χ0) is 14.8. The van der Waals surface area contributed by atoms with Crippen molar-refractivity contribution in [3.05, 3.63) is 41.5 Å². The van der Waals surface area contributed by atoms with Crippen LogP contribution in [0.25, 0.3) is 6.08 Å². The van der Waals surface area contributed by atoms with Gasteiger partial charge in [-0.3, -0.25) is 14.6 Å². The van der Waals surface area contributed by atoms with Gasteiger partial charge in [-0.05, 0) is 19.1 Å². The van der Waals surface area contributed by atoms with E-state index in [2.05, 4.69) is 36.1 Å². The van der Waals surface area contributed by atoms with Crippen LogP contribution < -0.4 is 0 Å². The maximum absolute atomic E-state index is 12.1. The molecule has 20 heavy (non-hydrogen) atoms. The number of allylic oxidation sites excluding steroid dienone is 1. The van der Waals surface area contributed by atoms with Gasteiger partial charge in [0.2, 0.25) is 0 Å². The minimum atomic E-state index is -0.0502. The average molecular weight is 272 g/mol. The number of nitrogens with one attached hydrogen (secondary N) is 1. The lowest BCUT2D eigenvalue weighted by molar-refractivity contribution is 0.104. The van der Waals surface area contributed by atoms with Gasteiger partial charge in [0.1, 0.15) is 0 Å². The maximum atomic E-state index is 12.1. The van der Waals surface area contributed by atoms with Gasteiger partial charge in [0.15, 0.2) is 5.78 Å². The second-order valence-electron chi connectivity index (χ2n) is 5.73. The molecule has 0 aliphatic heterocycles. The summed E-state index contributed by atoms with van der Waals surface area (Å²) >= 11 is 0. The van der Waals surface area contributed by atoms with Crippen LogP contribution >= 0.6 is 0 Å². The fraction of sp³-hybridized carbons (Fsp3) is 0.400. The zero-order valence-corrected chi connectivity index (χ0v) is 12.3. The van der Waals surface area contributed by atoms with Crippen LogP contribution in [0, 0.1) is 0 Å². The molecule has 2 aromatic rings. The molecule has 5 heteroatoms.